The lowest BCUT2D eigenvalue weighted by Crippen LogP contribution is -1.99. The maximum absolute atomic E-state index is 10.7. The number of nitrogens with zero attached hydrogens (tertiary/aromatic N) is 4. The summed E-state index contributed by atoms with van der Waals surface area (Å²) >= 11 is 0. The molecule has 0 amide bonds. The number of carboxylic acids is 1. The quantitative estimate of drug-likeness (QED) is 0.828. The highest BCUT2D eigenvalue weighted by Gasteiger charge is 2.08. The maximum Gasteiger partial charge on any atom is 0.356 e. The number of aryl methyl sites for hydroxylation is 1. The van der Waals surface area contributed by atoms with E-state index in [9.17, 15) is 4.79 Å². The molecule has 0 saturated carbocycles. The van der Waals surface area contributed by atoms with Crippen LogP contribution in [0.4, 0.5) is 0 Å². The summed E-state index contributed by atoms with van der Waals surface area (Å²) in [5, 5.41) is 8.74. The van der Waals surface area contributed by atoms with Gasteiger partial charge >= 0.3 is 5.97 Å². The number of hydrogen-bond donors (Lipinski definition) is 1. The van der Waals surface area contributed by atoms with Crippen molar-refractivity contribution >= 4 is 5.97 Å². The highest BCUT2D eigenvalue weighted by atomic mass is 16.4. The van der Waals surface area contributed by atoms with Crippen molar-refractivity contribution in [3.05, 3.63) is 36.3 Å². The second-order valence-electron chi connectivity index (χ2n) is 3.19. The Labute approximate surface area is 91.6 Å². The Morgan fingerprint density at radius 3 is 2.88 bits per heavy atom. The van der Waals surface area contributed by atoms with Gasteiger partial charge in [0.05, 0.1) is 0 Å². The summed E-state index contributed by atoms with van der Waals surface area (Å²) in [5.74, 6) is -0.435. The Bertz CT molecular complexity index is 521. The van der Waals surface area contributed by atoms with Gasteiger partial charge in [-0.3, -0.25) is 4.57 Å². The summed E-state index contributed by atoms with van der Waals surface area (Å²) in [6.45, 7) is 1.99. The van der Waals surface area contributed by atoms with Crippen LogP contribution in [0.3, 0.4) is 0 Å². The highest BCUT2D eigenvalue weighted by molar-refractivity contribution is 5.85. The van der Waals surface area contributed by atoms with Crippen LogP contribution >= 0.6 is 0 Å². The van der Waals surface area contributed by atoms with Crippen molar-refractivity contribution in [2.45, 2.75) is 13.3 Å². The molecule has 16 heavy (non-hydrogen) atoms. The minimum Gasteiger partial charge on any atom is -0.476 e. The smallest absolute Gasteiger partial charge is 0.356 e. The molecule has 0 spiro atoms. The molecule has 0 aliphatic carbocycles. The molecule has 6 heteroatoms. The van der Waals surface area contributed by atoms with Gasteiger partial charge in [-0.2, -0.15) is 0 Å². The summed E-state index contributed by atoms with van der Waals surface area (Å²) in [6, 6.07) is 1.80. The third kappa shape index (κ3) is 1.90. The predicted octanol–water partition coefficient (Wildman–Crippen LogP) is 0.923. The fraction of sp³-hybridized carbons (Fsp3) is 0.200. The molecule has 82 valence electrons. The van der Waals surface area contributed by atoms with E-state index >= 15 is 0 Å². The molecule has 2 rings (SSSR count). The summed E-state index contributed by atoms with van der Waals surface area (Å²) in [4.78, 5) is 22.5. The minimum atomic E-state index is -1.05. The molecule has 2 aromatic rings. The first-order valence-corrected chi connectivity index (χ1v) is 4.79. The van der Waals surface area contributed by atoms with Gasteiger partial charge in [-0.15, -0.1) is 0 Å². The number of imidazole rings is 1. The number of aromatic nitrogens is 4. The van der Waals surface area contributed by atoms with Gasteiger partial charge in [-0.25, -0.2) is 19.7 Å². The molecule has 2 heterocycles. The van der Waals surface area contributed by atoms with Crippen LogP contribution in [0.5, 0.6) is 0 Å². The monoisotopic (exact) mass is 218 g/mol. The molecule has 0 fully saturated rings. The van der Waals surface area contributed by atoms with Gasteiger partial charge in [0, 0.05) is 18.0 Å². The predicted molar refractivity (Wildman–Crippen MR) is 55.5 cm³/mol. The SMILES string of the molecule is CCc1cc(-n2cnc(C(=O)O)c2)ncn1. The lowest BCUT2D eigenvalue weighted by Gasteiger charge is -2.01. The Balaban J connectivity index is 2.38. The van der Waals surface area contributed by atoms with Crippen LogP contribution in [0.1, 0.15) is 23.1 Å². The molecular weight excluding hydrogens is 208 g/mol. The third-order valence-corrected chi connectivity index (χ3v) is 2.14. The van der Waals surface area contributed by atoms with Crippen molar-refractivity contribution in [1.29, 1.82) is 0 Å². The molecule has 6 nitrogen and oxygen atoms in total. The van der Waals surface area contributed by atoms with Crippen LogP contribution < -0.4 is 0 Å². The minimum absolute atomic E-state index is 0.00309. The van der Waals surface area contributed by atoms with Crippen LogP contribution in [0.15, 0.2) is 24.9 Å². The van der Waals surface area contributed by atoms with E-state index in [1.165, 1.54) is 18.9 Å². The molecule has 1 N–H and O–H groups in total. The van der Waals surface area contributed by atoms with Crippen molar-refractivity contribution in [1.82, 2.24) is 19.5 Å². The first-order valence-electron chi connectivity index (χ1n) is 4.79. The van der Waals surface area contributed by atoms with E-state index in [0.717, 1.165) is 12.1 Å². The van der Waals surface area contributed by atoms with Gasteiger partial charge in [-0.05, 0) is 6.42 Å². The van der Waals surface area contributed by atoms with Crippen molar-refractivity contribution in [2.24, 2.45) is 0 Å². The van der Waals surface area contributed by atoms with Gasteiger partial charge in [0.15, 0.2) is 5.69 Å². The van der Waals surface area contributed by atoms with E-state index in [0.29, 0.717) is 5.82 Å². The second-order valence-corrected chi connectivity index (χ2v) is 3.19. The van der Waals surface area contributed by atoms with E-state index in [4.69, 9.17) is 5.11 Å². The Morgan fingerprint density at radius 1 is 1.44 bits per heavy atom. The first-order chi connectivity index (χ1) is 7.70. The van der Waals surface area contributed by atoms with E-state index < -0.39 is 5.97 Å². The Kier molecular flexibility index (Phi) is 2.63. The van der Waals surface area contributed by atoms with E-state index in [1.54, 1.807) is 10.6 Å². The van der Waals surface area contributed by atoms with Crippen LogP contribution in [-0.2, 0) is 6.42 Å². The highest BCUT2D eigenvalue weighted by Crippen LogP contribution is 2.07. The topological polar surface area (TPSA) is 80.9 Å². The van der Waals surface area contributed by atoms with Gasteiger partial charge in [0.1, 0.15) is 18.5 Å². The van der Waals surface area contributed by atoms with Crippen molar-refractivity contribution in [3.8, 4) is 5.82 Å². The van der Waals surface area contributed by atoms with Gasteiger partial charge in [-0.1, -0.05) is 6.92 Å². The molecule has 0 radical (unpaired) electrons. The zero-order chi connectivity index (χ0) is 11.5. The number of hydrogen-bond acceptors (Lipinski definition) is 4. The molecule has 0 atom stereocenters. The Hall–Kier alpha value is -2.24. The largest absolute Gasteiger partial charge is 0.476 e. The summed E-state index contributed by atoms with van der Waals surface area (Å²) < 4.78 is 1.56. The molecule has 0 aliphatic rings. The number of rotatable bonds is 3. The molecule has 0 unspecified atom stereocenters. The van der Waals surface area contributed by atoms with Crippen LogP contribution in [-0.4, -0.2) is 30.6 Å². The summed E-state index contributed by atoms with van der Waals surface area (Å²) in [5.41, 5.74) is 0.896. The fourth-order valence-electron chi connectivity index (χ4n) is 1.28. The second kappa shape index (κ2) is 4.09. The van der Waals surface area contributed by atoms with Crippen molar-refractivity contribution in [2.75, 3.05) is 0 Å². The number of carboxylic acid groups (broad SMARTS) is 1. The van der Waals surface area contributed by atoms with Crippen LogP contribution in [0.2, 0.25) is 0 Å². The van der Waals surface area contributed by atoms with Gasteiger partial charge in [0.2, 0.25) is 0 Å². The van der Waals surface area contributed by atoms with Gasteiger partial charge in [0.25, 0.3) is 0 Å². The average molecular weight is 218 g/mol. The average Bonchev–Trinajstić information content (AvgIpc) is 2.78. The summed E-state index contributed by atoms with van der Waals surface area (Å²) in [7, 11) is 0. The normalized spacial score (nSPS) is 10.3. The zero-order valence-electron chi connectivity index (χ0n) is 8.66. The molecular formula is C10H10N4O2. The fourth-order valence-corrected chi connectivity index (χ4v) is 1.28. The molecule has 0 aliphatic heterocycles. The summed E-state index contributed by atoms with van der Waals surface area (Å²) in [6.07, 6.45) is 5.10. The standard InChI is InChI=1S/C10H10N4O2/c1-2-7-3-9(12-5-11-7)14-4-8(10(15)16)13-6-14/h3-6H,2H2,1H3,(H,15,16). The van der Waals surface area contributed by atoms with Crippen LogP contribution in [0.25, 0.3) is 5.82 Å². The molecule has 0 bridgehead atoms. The lowest BCUT2D eigenvalue weighted by atomic mass is 10.3. The van der Waals surface area contributed by atoms with Crippen LogP contribution in [0, 0.1) is 0 Å². The third-order valence-electron chi connectivity index (χ3n) is 2.14. The van der Waals surface area contributed by atoms with Crippen molar-refractivity contribution in [3.63, 3.8) is 0 Å². The lowest BCUT2D eigenvalue weighted by molar-refractivity contribution is 0.0691. The maximum atomic E-state index is 10.7. The van der Waals surface area contributed by atoms with Gasteiger partial charge < -0.3 is 5.11 Å². The number of carbonyl (C=O) groups is 1. The van der Waals surface area contributed by atoms with E-state index in [1.807, 2.05) is 6.92 Å². The molecule has 0 aromatic carbocycles. The van der Waals surface area contributed by atoms with E-state index in [2.05, 4.69) is 15.0 Å². The van der Waals surface area contributed by atoms with E-state index in [-0.39, 0.29) is 5.69 Å². The Morgan fingerprint density at radius 2 is 2.25 bits per heavy atom. The number of aromatic carboxylic acids is 1. The molecule has 0 saturated heterocycles. The molecule has 2 aromatic heterocycles. The van der Waals surface area contributed by atoms with Crippen molar-refractivity contribution < 1.29 is 9.90 Å². The zero-order valence-corrected chi connectivity index (χ0v) is 8.66. The first kappa shape index (κ1) is 10.3.